The van der Waals surface area contributed by atoms with Crippen molar-refractivity contribution in [1.82, 2.24) is 0 Å². The molecule has 19 aromatic carbocycles. The van der Waals surface area contributed by atoms with Gasteiger partial charge < -0.3 is 0 Å². The lowest BCUT2D eigenvalue weighted by molar-refractivity contribution is 1.59. The second-order valence-corrected chi connectivity index (χ2v) is 25.4. The Morgan fingerprint density at radius 3 is 0.447 bits per heavy atom. The molecular weight excluding hydrogens is 1130 g/mol. The van der Waals surface area contributed by atoms with Gasteiger partial charge in [0.05, 0.1) is 0 Å². The van der Waals surface area contributed by atoms with Crippen molar-refractivity contribution in [3.05, 3.63) is 352 Å². The van der Waals surface area contributed by atoms with Crippen LogP contribution in [-0.2, 0) is 0 Å². The van der Waals surface area contributed by atoms with E-state index in [-0.39, 0.29) is 0 Å². The molecule has 94 heavy (non-hydrogen) atoms. The van der Waals surface area contributed by atoms with Gasteiger partial charge in [0, 0.05) is 0 Å². The lowest BCUT2D eigenvalue weighted by atomic mass is 9.84. The molecule has 434 valence electrons. The van der Waals surface area contributed by atoms with Crippen LogP contribution in [0.2, 0.25) is 0 Å². The highest BCUT2D eigenvalue weighted by atomic mass is 14.3. The van der Waals surface area contributed by atoms with Crippen LogP contribution in [0.15, 0.2) is 352 Å². The van der Waals surface area contributed by atoms with E-state index in [2.05, 4.69) is 352 Å². The Labute approximate surface area is 545 Å². The van der Waals surface area contributed by atoms with Crippen LogP contribution in [0.4, 0.5) is 0 Å². The second-order valence-electron chi connectivity index (χ2n) is 25.4. The maximum absolute atomic E-state index is 2.45. The first-order valence-electron chi connectivity index (χ1n) is 32.7. The minimum absolute atomic E-state index is 1.17. The molecule has 0 spiro atoms. The average Bonchev–Trinajstić information content (AvgIpc) is 0.768. The van der Waals surface area contributed by atoms with Crippen molar-refractivity contribution in [1.29, 1.82) is 0 Å². The second kappa shape index (κ2) is 21.7. The SMILES string of the molecule is c1ccc2c(-c3cc(-c4ccc(-c5c6ccccc6c(-c6ccc(-c7cc(-c8c9ccccc9cc9ccccc89)cc(-c8c9ccccc9cc9ccccc89)c7)cc6)c6ccccc56)cc4)cc(-c4c5ccccc5cc5ccccc45)c3)c3ccccc3cc2c1. The van der Waals surface area contributed by atoms with Gasteiger partial charge in [0.15, 0.2) is 0 Å². The molecule has 0 aromatic heterocycles. The van der Waals surface area contributed by atoms with E-state index in [1.807, 2.05) is 0 Å². The quantitative estimate of drug-likeness (QED) is 0.133. The Bertz CT molecular complexity index is 5390. The Hall–Kier alpha value is -12.2. The van der Waals surface area contributed by atoms with E-state index in [1.165, 1.54) is 197 Å². The first-order valence-corrected chi connectivity index (χ1v) is 32.7. The van der Waals surface area contributed by atoms with Gasteiger partial charge in [-0.2, -0.15) is 0 Å². The predicted octanol–water partition coefficient (Wildman–Crippen LogP) is 26.6. The number of hydrogen-bond donors (Lipinski definition) is 0. The molecule has 0 saturated heterocycles. The highest BCUT2D eigenvalue weighted by Crippen LogP contribution is 2.49. The van der Waals surface area contributed by atoms with Crippen molar-refractivity contribution in [3.8, 4) is 89.0 Å². The summed E-state index contributed by atoms with van der Waals surface area (Å²) in [5.41, 5.74) is 19.3. The number of hydrogen-bond acceptors (Lipinski definition) is 0. The lowest BCUT2D eigenvalue weighted by Gasteiger charge is -2.19. The molecule has 0 heteroatoms. The molecule has 19 rings (SSSR count). The minimum Gasteiger partial charge on any atom is -0.0616 e. The summed E-state index contributed by atoms with van der Waals surface area (Å²) in [5, 5.41) is 24.8. The van der Waals surface area contributed by atoms with Gasteiger partial charge in [0.25, 0.3) is 0 Å². The molecule has 0 aliphatic heterocycles. The molecule has 0 fully saturated rings. The number of fused-ring (bicyclic) bond motifs is 10. The fraction of sp³-hybridized carbons (Fsp3) is 0. The van der Waals surface area contributed by atoms with Gasteiger partial charge in [-0.3, -0.25) is 0 Å². The van der Waals surface area contributed by atoms with Crippen molar-refractivity contribution in [2.45, 2.75) is 0 Å². The first kappa shape index (κ1) is 53.6. The van der Waals surface area contributed by atoms with Gasteiger partial charge >= 0.3 is 0 Å². The van der Waals surface area contributed by atoms with Crippen molar-refractivity contribution < 1.29 is 0 Å². The summed E-state index contributed by atoms with van der Waals surface area (Å²) in [6.45, 7) is 0. The molecule has 0 saturated carbocycles. The summed E-state index contributed by atoms with van der Waals surface area (Å²) in [5.74, 6) is 0. The topological polar surface area (TPSA) is 0 Å². The summed E-state index contributed by atoms with van der Waals surface area (Å²) >= 11 is 0. The molecule has 19 aromatic rings. The largest absolute Gasteiger partial charge is 0.0616 e. The first-order chi connectivity index (χ1) is 46.6. The third-order valence-corrected chi connectivity index (χ3v) is 20.1. The van der Waals surface area contributed by atoms with Crippen molar-refractivity contribution in [3.63, 3.8) is 0 Å². The summed E-state index contributed by atoms with van der Waals surface area (Å²) in [4.78, 5) is 0. The highest BCUT2D eigenvalue weighted by Gasteiger charge is 2.22. The van der Waals surface area contributed by atoms with Crippen molar-refractivity contribution in [2.75, 3.05) is 0 Å². The molecule has 0 unspecified atom stereocenters. The van der Waals surface area contributed by atoms with Crippen molar-refractivity contribution >= 4 is 108 Å². The van der Waals surface area contributed by atoms with E-state index in [9.17, 15) is 0 Å². The maximum Gasteiger partial charge on any atom is -0.00264 e. The molecule has 0 amide bonds. The van der Waals surface area contributed by atoms with Crippen LogP contribution in [0.25, 0.3) is 197 Å². The van der Waals surface area contributed by atoms with Crippen LogP contribution in [0.3, 0.4) is 0 Å². The zero-order valence-corrected chi connectivity index (χ0v) is 51.5. The zero-order valence-electron chi connectivity index (χ0n) is 51.5. The summed E-state index contributed by atoms with van der Waals surface area (Å²) in [6.07, 6.45) is 0. The van der Waals surface area contributed by atoms with E-state index in [1.54, 1.807) is 0 Å². The third-order valence-electron chi connectivity index (χ3n) is 20.1. The zero-order chi connectivity index (χ0) is 61.8. The molecule has 0 atom stereocenters. The molecule has 0 nitrogen and oxygen atoms in total. The van der Waals surface area contributed by atoms with E-state index < -0.39 is 0 Å². The predicted molar refractivity (Wildman–Crippen MR) is 405 cm³/mol. The standard InChI is InChI=1S/C94H58/c1-9-29-77-63(21-1)49-64-22-2-10-30-78(64)91(77)73-53-71(54-74(57-73)92-79-31-11-3-23-65(79)50-66-24-4-12-32-80(66)92)59-41-45-61(46-42-59)89-85-37-17-19-39-87(85)90(88-40-20-18-38-86(88)89)62-47-43-60(44-48-62)72-55-75(93-81-33-13-5-25-67(81)51-68-26-6-14-34-82(68)93)58-76(56-72)94-83-35-15-7-27-69(83)52-70-28-8-16-36-84(70)94/h1-58H. The monoisotopic (exact) mass is 1190 g/mol. The smallest absolute Gasteiger partial charge is 0.00264 e. The fourth-order valence-electron chi connectivity index (χ4n) is 15.9. The van der Waals surface area contributed by atoms with Crippen LogP contribution >= 0.6 is 0 Å². The third kappa shape index (κ3) is 8.76. The summed E-state index contributed by atoms with van der Waals surface area (Å²) in [6, 6.07) is 132. The summed E-state index contributed by atoms with van der Waals surface area (Å²) in [7, 11) is 0. The minimum atomic E-state index is 1.17. The molecule has 0 heterocycles. The number of benzene rings is 19. The Balaban J connectivity index is 0.760. The maximum atomic E-state index is 2.45. The van der Waals surface area contributed by atoms with Crippen LogP contribution in [0.1, 0.15) is 0 Å². The van der Waals surface area contributed by atoms with E-state index in [0.29, 0.717) is 0 Å². The van der Waals surface area contributed by atoms with Crippen LogP contribution in [-0.4, -0.2) is 0 Å². The highest BCUT2D eigenvalue weighted by molar-refractivity contribution is 6.23. The van der Waals surface area contributed by atoms with Crippen LogP contribution < -0.4 is 0 Å². The van der Waals surface area contributed by atoms with Gasteiger partial charge in [0.1, 0.15) is 0 Å². The fourth-order valence-corrected chi connectivity index (χ4v) is 15.9. The van der Waals surface area contributed by atoms with E-state index in [0.717, 1.165) is 0 Å². The number of rotatable bonds is 8. The Morgan fingerprint density at radius 2 is 0.245 bits per heavy atom. The van der Waals surface area contributed by atoms with Crippen molar-refractivity contribution in [2.24, 2.45) is 0 Å². The average molecular weight is 1190 g/mol. The summed E-state index contributed by atoms with van der Waals surface area (Å²) < 4.78 is 0. The van der Waals surface area contributed by atoms with Gasteiger partial charge in [-0.15, -0.1) is 0 Å². The van der Waals surface area contributed by atoms with Gasteiger partial charge in [0.2, 0.25) is 0 Å². The normalized spacial score (nSPS) is 11.8. The van der Waals surface area contributed by atoms with Gasteiger partial charge in [-0.25, -0.2) is 0 Å². The van der Waals surface area contributed by atoms with Crippen LogP contribution in [0, 0.1) is 0 Å². The lowest BCUT2D eigenvalue weighted by Crippen LogP contribution is -1.92. The molecular formula is C94H58. The van der Waals surface area contributed by atoms with Gasteiger partial charge in [-0.05, 0) is 257 Å². The molecule has 0 radical (unpaired) electrons. The molecule has 0 aliphatic rings. The van der Waals surface area contributed by atoms with E-state index >= 15 is 0 Å². The molecule has 0 N–H and O–H groups in total. The van der Waals surface area contributed by atoms with E-state index in [4.69, 9.17) is 0 Å². The Morgan fingerprint density at radius 1 is 0.0957 bits per heavy atom. The molecule has 0 bridgehead atoms. The van der Waals surface area contributed by atoms with Gasteiger partial charge in [-0.1, -0.05) is 291 Å². The Kier molecular flexibility index (Phi) is 12.4. The molecule has 0 aliphatic carbocycles. The van der Waals surface area contributed by atoms with Crippen LogP contribution in [0.5, 0.6) is 0 Å².